The third kappa shape index (κ3) is 4.69. The highest BCUT2D eigenvalue weighted by atomic mass is 127. The molecule has 1 fully saturated rings. The van der Waals surface area contributed by atoms with Crippen molar-refractivity contribution in [1.82, 2.24) is 10.2 Å². The normalized spacial score (nSPS) is 15.4. The largest absolute Gasteiger partial charge is 0.480 e. The summed E-state index contributed by atoms with van der Waals surface area (Å²) in [6.45, 7) is -1.24. The minimum atomic E-state index is -1.30. The molecule has 0 aromatic heterocycles. The molecule has 3 amide bonds. The number of imide groups is 1. The molecule has 0 aliphatic carbocycles. The van der Waals surface area contributed by atoms with E-state index in [0.717, 1.165) is 0 Å². The zero-order chi connectivity index (χ0) is 18.7. The van der Waals surface area contributed by atoms with Crippen LogP contribution in [-0.4, -0.2) is 52.1 Å². The number of urea groups is 1. The summed E-state index contributed by atoms with van der Waals surface area (Å²) in [4.78, 5) is 45.6. The highest BCUT2D eigenvalue weighted by molar-refractivity contribution is 14.1. The molecule has 1 aliphatic rings. The van der Waals surface area contributed by atoms with Gasteiger partial charge in [-0.2, -0.15) is 0 Å². The van der Waals surface area contributed by atoms with Crippen molar-refractivity contribution in [3.8, 4) is 5.75 Å². The van der Waals surface area contributed by atoms with Crippen molar-refractivity contribution in [2.45, 2.75) is 0 Å². The Hall–Kier alpha value is -2.15. The summed E-state index contributed by atoms with van der Waals surface area (Å²) < 4.78 is 6.22. The van der Waals surface area contributed by atoms with E-state index in [-0.39, 0.29) is 5.70 Å². The van der Waals surface area contributed by atoms with Crippen molar-refractivity contribution in [3.63, 3.8) is 0 Å². The molecule has 1 saturated heterocycles. The molecule has 0 radical (unpaired) electrons. The van der Waals surface area contributed by atoms with E-state index in [4.69, 9.17) is 14.9 Å². The number of amides is 3. The molecule has 1 aromatic carbocycles. The lowest BCUT2D eigenvalue weighted by molar-refractivity contribution is -0.140. The molecule has 1 aromatic rings. The SMILES string of the molecule is O=C(O)COc1c(Br)cc(/C=C2/NC(=O)N(CC(=O)O)C2=O)cc1I. The lowest BCUT2D eigenvalue weighted by Crippen LogP contribution is -2.35. The molecule has 0 spiro atoms. The second kappa shape index (κ2) is 7.82. The maximum absolute atomic E-state index is 12.1. The van der Waals surface area contributed by atoms with E-state index in [1.54, 1.807) is 12.1 Å². The average Bonchev–Trinajstić information content (AvgIpc) is 2.73. The van der Waals surface area contributed by atoms with Crippen molar-refractivity contribution in [2.24, 2.45) is 0 Å². The van der Waals surface area contributed by atoms with Gasteiger partial charge in [0.25, 0.3) is 5.91 Å². The van der Waals surface area contributed by atoms with Crippen LogP contribution >= 0.6 is 38.5 Å². The van der Waals surface area contributed by atoms with E-state index in [2.05, 4.69) is 21.2 Å². The van der Waals surface area contributed by atoms with Gasteiger partial charge in [0.2, 0.25) is 0 Å². The predicted molar refractivity (Wildman–Crippen MR) is 95.8 cm³/mol. The Morgan fingerprint density at radius 2 is 1.96 bits per heavy atom. The number of ether oxygens (including phenoxy) is 1. The lowest BCUT2D eigenvalue weighted by atomic mass is 10.2. The van der Waals surface area contributed by atoms with Crippen LogP contribution in [0, 0.1) is 3.57 Å². The molecule has 0 atom stereocenters. The summed E-state index contributed by atoms with van der Waals surface area (Å²) in [5, 5.41) is 19.7. The Balaban J connectivity index is 2.26. The Bertz CT molecular complexity index is 785. The van der Waals surface area contributed by atoms with Gasteiger partial charge < -0.3 is 20.3 Å². The van der Waals surface area contributed by atoms with E-state index in [1.165, 1.54) is 6.08 Å². The number of hydrogen-bond donors (Lipinski definition) is 3. The highest BCUT2D eigenvalue weighted by Crippen LogP contribution is 2.33. The van der Waals surface area contributed by atoms with Gasteiger partial charge >= 0.3 is 18.0 Å². The van der Waals surface area contributed by atoms with Crippen LogP contribution in [0.1, 0.15) is 5.56 Å². The van der Waals surface area contributed by atoms with Crippen molar-refractivity contribution < 1.29 is 34.1 Å². The number of hydrogen-bond acceptors (Lipinski definition) is 5. The van der Waals surface area contributed by atoms with Crippen LogP contribution in [0.15, 0.2) is 22.3 Å². The second-order valence-electron chi connectivity index (χ2n) is 4.77. The predicted octanol–water partition coefficient (Wildman–Crippen LogP) is 1.49. The molecule has 2 rings (SSSR count). The van der Waals surface area contributed by atoms with Gasteiger partial charge in [0, 0.05) is 0 Å². The Morgan fingerprint density at radius 1 is 1.28 bits per heavy atom. The Morgan fingerprint density at radius 3 is 2.52 bits per heavy atom. The number of nitrogens with zero attached hydrogens (tertiary/aromatic N) is 1. The number of carbonyl (C=O) groups excluding carboxylic acids is 2. The van der Waals surface area contributed by atoms with Crippen LogP contribution in [-0.2, 0) is 14.4 Å². The molecular formula is C14H10BrIN2O7. The molecule has 3 N–H and O–H groups in total. The standard InChI is InChI=1S/C14H10BrIN2O7/c15-7-1-6(2-8(16)12(7)25-5-11(21)22)3-9-13(23)18(4-10(19)20)14(24)17-9/h1-3H,4-5H2,(H,17,24)(H,19,20)(H,21,22)/b9-3+. The summed E-state index contributed by atoms with van der Waals surface area (Å²) in [6.07, 6.45) is 1.38. The first kappa shape index (κ1) is 19.2. The average molecular weight is 525 g/mol. The maximum atomic E-state index is 12.1. The minimum Gasteiger partial charge on any atom is -0.480 e. The first-order valence-corrected chi connectivity index (χ1v) is 8.46. The van der Waals surface area contributed by atoms with Crippen molar-refractivity contribution in [3.05, 3.63) is 31.4 Å². The van der Waals surface area contributed by atoms with E-state index < -0.39 is 37.0 Å². The Labute approximate surface area is 162 Å². The van der Waals surface area contributed by atoms with Gasteiger partial charge in [-0.15, -0.1) is 0 Å². The molecule has 1 aliphatic heterocycles. The number of benzene rings is 1. The summed E-state index contributed by atoms with van der Waals surface area (Å²) in [7, 11) is 0. The highest BCUT2D eigenvalue weighted by Gasteiger charge is 2.34. The first-order valence-electron chi connectivity index (χ1n) is 6.59. The zero-order valence-electron chi connectivity index (χ0n) is 12.3. The van der Waals surface area contributed by atoms with Crippen LogP contribution in [0.5, 0.6) is 5.75 Å². The van der Waals surface area contributed by atoms with Crippen LogP contribution in [0.25, 0.3) is 6.08 Å². The number of carboxylic acids is 2. The molecule has 9 nitrogen and oxygen atoms in total. The summed E-state index contributed by atoms with van der Waals surface area (Å²) in [5.74, 6) is -2.84. The van der Waals surface area contributed by atoms with E-state index in [0.29, 0.717) is 24.3 Å². The quantitative estimate of drug-likeness (QED) is 0.292. The van der Waals surface area contributed by atoms with Gasteiger partial charge in [0.15, 0.2) is 6.61 Å². The number of halogens is 2. The molecule has 0 unspecified atom stereocenters. The van der Waals surface area contributed by atoms with Gasteiger partial charge in [-0.3, -0.25) is 9.59 Å². The zero-order valence-corrected chi connectivity index (χ0v) is 16.0. The van der Waals surface area contributed by atoms with Crippen molar-refractivity contribution in [2.75, 3.05) is 13.2 Å². The molecule has 25 heavy (non-hydrogen) atoms. The van der Waals surface area contributed by atoms with Gasteiger partial charge in [0.05, 0.1) is 8.04 Å². The topological polar surface area (TPSA) is 133 Å². The van der Waals surface area contributed by atoms with E-state index in [9.17, 15) is 19.2 Å². The van der Waals surface area contributed by atoms with Gasteiger partial charge in [-0.1, -0.05) is 0 Å². The fourth-order valence-corrected chi connectivity index (χ4v) is 3.72. The third-order valence-corrected chi connectivity index (χ3v) is 4.32. The fraction of sp³-hybridized carbons (Fsp3) is 0.143. The van der Waals surface area contributed by atoms with Crippen LogP contribution in [0.2, 0.25) is 0 Å². The molecule has 0 saturated carbocycles. The first-order chi connectivity index (χ1) is 11.7. The van der Waals surface area contributed by atoms with Gasteiger partial charge in [-0.25, -0.2) is 14.5 Å². The lowest BCUT2D eigenvalue weighted by Gasteiger charge is -2.10. The third-order valence-electron chi connectivity index (χ3n) is 2.93. The van der Waals surface area contributed by atoms with E-state index >= 15 is 0 Å². The summed E-state index contributed by atoms with van der Waals surface area (Å²) >= 11 is 5.19. The number of nitrogens with one attached hydrogen (secondary N) is 1. The maximum Gasteiger partial charge on any atom is 0.341 e. The van der Waals surface area contributed by atoms with Crippen molar-refractivity contribution in [1.29, 1.82) is 0 Å². The fourth-order valence-electron chi connectivity index (χ4n) is 1.95. The van der Waals surface area contributed by atoms with Gasteiger partial charge in [0.1, 0.15) is 18.0 Å². The molecule has 132 valence electrons. The molecule has 11 heteroatoms. The minimum absolute atomic E-state index is 0.0619. The van der Waals surface area contributed by atoms with Crippen LogP contribution < -0.4 is 10.1 Å². The van der Waals surface area contributed by atoms with Crippen LogP contribution in [0.3, 0.4) is 0 Å². The molecule has 0 bridgehead atoms. The summed E-state index contributed by atoms with van der Waals surface area (Å²) in [5.41, 5.74) is 0.466. The monoisotopic (exact) mass is 524 g/mol. The van der Waals surface area contributed by atoms with Gasteiger partial charge in [-0.05, 0) is 62.3 Å². The van der Waals surface area contributed by atoms with Crippen LogP contribution in [0.4, 0.5) is 4.79 Å². The molecule has 1 heterocycles. The Kier molecular flexibility index (Phi) is 6.00. The van der Waals surface area contributed by atoms with Crippen molar-refractivity contribution >= 4 is 68.5 Å². The number of aliphatic carboxylic acids is 2. The second-order valence-corrected chi connectivity index (χ2v) is 6.79. The number of carbonyl (C=O) groups is 4. The molecular weight excluding hydrogens is 515 g/mol. The smallest absolute Gasteiger partial charge is 0.341 e. The summed E-state index contributed by atoms with van der Waals surface area (Å²) in [6, 6.07) is 2.38. The van der Waals surface area contributed by atoms with E-state index in [1.807, 2.05) is 22.6 Å². The number of rotatable bonds is 6. The number of carboxylic acid groups (broad SMARTS) is 2.